The first-order chi connectivity index (χ1) is 15.8. The number of fused-ring (bicyclic) bond motifs is 1. The number of nitrogens with zero attached hydrogens (tertiary/aromatic N) is 3. The first kappa shape index (κ1) is 23.7. The summed E-state index contributed by atoms with van der Waals surface area (Å²) < 4.78 is 12.4. The SMILES string of the molecule is COCCCNC(=O)C(C#N)=Cc1c(Oc2cc(C)cc(C)c2)nc2c(C)cccn2c1=O. The Morgan fingerprint density at radius 2 is 1.97 bits per heavy atom. The van der Waals surface area contributed by atoms with Crippen molar-refractivity contribution in [2.45, 2.75) is 27.2 Å². The number of hydrogen-bond acceptors (Lipinski definition) is 6. The van der Waals surface area contributed by atoms with Crippen molar-refractivity contribution < 1.29 is 14.3 Å². The van der Waals surface area contributed by atoms with Crippen LogP contribution in [0.3, 0.4) is 0 Å². The molecule has 0 radical (unpaired) electrons. The lowest BCUT2D eigenvalue weighted by Crippen LogP contribution is -2.27. The average Bonchev–Trinajstić information content (AvgIpc) is 2.76. The van der Waals surface area contributed by atoms with Crippen LogP contribution in [-0.4, -0.2) is 35.6 Å². The Morgan fingerprint density at radius 3 is 2.64 bits per heavy atom. The number of nitrogens with one attached hydrogen (secondary N) is 1. The van der Waals surface area contributed by atoms with Gasteiger partial charge in [-0.25, -0.2) is 0 Å². The maximum Gasteiger partial charge on any atom is 0.269 e. The third kappa shape index (κ3) is 5.64. The molecule has 2 heterocycles. The van der Waals surface area contributed by atoms with Gasteiger partial charge >= 0.3 is 0 Å². The Labute approximate surface area is 192 Å². The highest BCUT2D eigenvalue weighted by Gasteiger charge is 2.18. The van der Waals surface area contributed by atoms with Crippen LogP contribution in [0.25, 0.3) is 11.7 Å². The summed E-state index contributed by atoms with van der Waals surface area (Å²) in [4.78, 5) is 30.4. The highest BCUT2D eigenvalue weighted by Crippen LogP contribution is 2.26. The standard InChI is InChI=1S/C25H26N4O4/c1-16-11-17(2)13-20(12-16)33-24-21(14-19(15-26)23(30)27-8-6-10-32-4)25(31)29-9-5-7-18(3)22(29)28-24/h5,7,9,11-14H,6,8,10H2,1-4H3,(H,27,30). The van der Waals surface area contributed by atoms with Crippen molar-refractivity contribution in [3.8, 4) is 17.7 Å². The molecule has 2 aromatic heterocycles. The predicted octanol–water partition coefficient (Wildman–Crippen LogP) is 3.47. The third-order valence-electron chi connectivity index (χ3n) is 4.92. The van der Waals surface area contributed by atoms with Crippen molar-refractivity contribution in [1.29, 1.82) is 5.26 Å². The first-order valence-corrected chi connectivity index (χ1v) is 10.5. The van der Waals surface area contributed by atoms with E-state index < -0.39 is 11.5 Å². The Kier molecular flexibility index (Phi) is 7.59. The Hall–Kier alpha value is -3.96. The summed E-state index contributed by atoms with van der Waals surface area (Å²) in [5, 5.41) is 12.2. The lowest BCUT2D eigenvalue weighted by molar-refractivity contribution is -0.117. The summed E-state index contributed by atoms with van der Waals surface area (Å²) in [5.74, 6) is -0.0477. The van der Waals surface area contributed by atoms with Crippen LogP contribution in [0.4, 0.5) is 0 Å². The van der Waals surface area contributed by atoms with E-state index >= 15 is 0 Å². The van der Waals surface area contributed by atoms with Gasteiger partial charge in [0, 0.05) is 26.5 Å². The number of carbonyl (C=O) groups is 1. The molecule has 8 nitrogen and oxygen atoms in total. The Morgan fingerprint density at radius 1 is 1.24 bits per heavy atom. The summed E-state index contributed by atoms with van der Waals surface area (Å²) >= 11 is 0. The molecular formula is C25H26N4O4. The van der Waals surface area contributed by atoms with E-state index in [9.17, 15) is 14.9 Å². The van der Waals surface area contributed by atoms with Crippen molar-refractivity contribution in [3.05, 3.63) is 74.7 Å². The van der Waals surface area contributed by atoms with Gasteiger partial charge in [0.2, 0.25) is 5.88 Å². The summed E-state index contributed by atoms with van der Waals surface area (Å²) in [7, 11) is 1.57. The molecular weight excluding hydrogens is 420 g/mol. The number of amides is 1. The molecule has 1 aromatic carbocycles. The van der Waals surface area contributed by atoms with Gasteiger partial charge in [-0.15, -0.1) is 0 Å². The molecule has 0 unspecified atom stereocenters. The second kappa shape index (κ2) is 10.6. The van der Waals surface area contributed by atoms with E-state index in [2.05, 4.69) is 10.3 Å². The molecule has 0 aliphatic heterocycles. The highest BCUT2D eigenvalue weighted by molar-refractivity contribution is 6.01. The van der Waals surface area contributed by atoms with Crippen LogP contribution in [0, 0.1) is 32.1 Å². The fourth-order valence-electron chi connectivity index (χ4n) is 3.40. The van der Waals surface area contributed by atoms with Gasteiger partial charge in [-0.1, -0.05) is 12.1 Å². The van der Waals surface area contributed by atoms with Gasteiger partial charge in [0.15, 0.2) is 0 Å². The zero-order valence-electron chi connectivity index (χ0n) is 19.1. The zero-order valence-corrected chi connectivity index (χ0v) is 19.1. The van der Waals surface area contributed by atoms with Crippen LogP contribution >= 0.6 is 0 Å². The zero-order chi connectivity index (χ0) is 24.0. The molecule has 8 heteroatoms. The predicted molar refractivity (Wildman–Crippen MR) is 125 cm³/mol. The van der Waals surface area contributed by atoms with Crippen LogP contribution in [0.2, 0.25) is 0 Å². The maximum atomic E-state index is 13.3. The smallest absolute Gasteiger partial charge is 0.269 e. The van der Waals surface area contributed by atoms with E-state index in [4.69, 9.17) is 9.47 Å². The number of aromatic nitrogens is 2. The molecule has 33 heavy (non-hydrogen) atoms. The molecule has 0 spiro atoms. The number of hydrogen-bond donors (Lipinski definition) is 1. The summed E-state index contributed by atoms with van der Waals surface area (Å²) in [6.45, 7) is 6.54. The minimum Gasteiger partial charge on any atom is -0.438 e. The topological polar surface area (TPSA) is 106 Å². The average molecular weight is 447 g/mol. The molecule has 170 valence electrons. The number of methoxy groups -OCH3 is 1. The molecule has 3 aromatic rings. The molecule has 0 bridgehead atoms. The Bertz CT molecular complexity index is 1300. The van der Waals surface area contributed by atoms with E-state index in [1.165, 1.54) is 10.5 Å². The molecule has 3 rings (SSSR count). The van der Waals surface area contributed by atoms with E-state index in [0.29, 0.717) is 31.0 Å². The largest absolute Gasteiger partial charge is 0.438 e. The quantitative estimate of drug-likeness (QED) is 0.323. The minimum absolute atomic E-state index is 0.0147. The van der Waals surface area contributed by atoms with Crippen LogP contribution in [-0.2, 0) is 9.53 Å². The van der Waals surface area contributed by atoms with Crippen LogP contribution < -0.4 is 15.6 Å². The van der Waals surface area contributed by atoms with E-state index in [-0.39, 0.29) is 17.0 Å². The number of pyridine rings is 1. The van der Waals surface area contributed by atoms with Crippen molar-refractivity contribution in [3.63, 3.8) is 0 Å². The van der Waals surface area contributed by atoms with Gasteiger partial charge < -0.3 is 14.8 Å². The summed E-state index contributed by atoms with van der Waals surface area (Å²) in [6, 6.07) is 11.1. The lowest BCUT2D eigenvalue weighted by Gasteiger charge is -2.12. The first-order valence-electron chi connectivity index (χ1n) is 10.5. The van der Waals surface area contributed by atoms with Crippen molar-refractivity contribution in [2.24, 2.45) is 0 Å². The molecule has 0 atom stereocenters. The third-order valence-corrected chi connectivity index (χ3v) is 4.92. The minimum atomic E-state index is -0.584. The number of rotatable bonds is 8. The van der Waals surface area contributed by atoms with Crippen LogP contribution in [0.15, 0.2) is 46.9 Å². The molecule has 1 amide bonds. The van der Waals surface area contributed by atoms with Crippen molar-refractivity contribution in [1.82, 2.24) is 14.7 Å². The second-order valence-electron chi connectivity index (χ2n) is 7.72. The number of aryl methyl sites for hydroxylation is 3. The molecule has 0 saturated heterocycles. The summed E-state index contributed by atoms with van der Waals surface area (Å²) in [6.07, 6.45) is 3.42. The molecule has 0 aliphatic rings. The van der Waals surface area contributed by atoms with Crippen LogP contribution in [0.5, 0.6) is 11.6 Å². The Balaban J connectivity index is 2.12. The fraction of sp³-hybridized carbons (Fsp3) is 0.280. The highest BCUT2D eigenvalue weighted by atomic mass is 16.5. The molecule has 0 fully saturated rings. The monoisotopic (exact) mass is 446 g/mol. The van der Waals surface area contributed by atoms with Crippen molar-refractivity contribution >= 4 is 17.6 Å². The van der Waals surface area contributed by atoms with E-state index in [0.717, 1.165) is 16.7 Å². The van der Waals surface area contributed by atoms with Gasteiger partial charge in [-0.3, -0.25) is 14.0 Å². The van der Waals surface area contributed by atoms with Gasteiger partial charge in [0.25, 0.3) is 11.5 Å². The summed E-state index contributed by atoms with van der Waals surface area (Å²) in [5.41, 5.74) is 2.55. The van der Waals surface area contributed by atoms with E-state index in [1.54, 1.807) is 19.4 Å². The molecule has 0 aliphatic carbocycles. The number of nitriles is 1. The van der Waals surface area contributed by atoms with Gasteiger partial charge in [-0.05, 0) is 68.2 Å². The second-order valence-corrected chi connectivity index (χ2v) is 7.72. The van der Waals surface area contributed by atoms with Gasteiger partial charge in [0.1, 0.15) is 28.6 Å². The fourth-order valence-corrected chi connectivity index (χ4v) is 3.40. The van der Waals surface area contributed by atoms with Crippen molar-refractivity contribution in [2.75, 3.05) is 20.3 Å². The number of ether oxygens (including phenoxy) is 2. The normalized spacial score (nSPS) is 11.3. The van der Waals surface area contributed by atoms with Gasteiger partial charge in [-0.2, -0.15) is 10.2 Å². The molecule has 0 saturated carbocycles. The maximum absolute atomic E-state index is 13.3. The van der Waals surface area contributed by atoms with E-state index in [1.807, 2.05) is 51.1 Å². The number of benzene rings is 1. The van der Waals surface area contributed by atoms with Gasteiger partial charge in [0.05, 0.1) is 0 Å². The lowest BCUT2D eigenvalue weighted by atomic mass is 10.1. The number of carbonyl (C=O) groups excluding carboxylic acids is 1. The van der Waals surface area contributed by atoms with Crippen LogP contribution in [0.1, 0.15) is 28.7 Å². The molecule has 1 N–H and O–H groups in total.